The van der Waals surface area contributed by atoms with Crippen LogP contribution < -0.4 is 10.1 Å². The zero-order valence-electron chi connectivity index (χ0n) is 14.3. The van der Waals surface area contributed by atoms with Gasteiger partial charge in [-0.1, -0.05) is 30.0 Å². The minimum absolute atomic E-state index is 0.00535. The van der Waals surface area contributed by atoms with Crippen molar-refractivity contribution >= 4 is 17.7 Å². The molecule has 0 bridgehead atoms. The van der Waals surface area contributed by atoms with Gasteiger partial charge >= 0.3 is 0 Å². The highest BCUT2D eigenvalue weighted by Gasteiger charge is 2.36. The topological polar surface area (TPSA) is 69.0 Å². The summed E-state index contributed by atoms with van der Waals surface area (Å²) in [5.74, 6) is 2.85. The van der Waals surface area contributed by atoms with Crippen molar-refractivity contribution in [3.8, 4) is 5.75 Å². The molecule has 7 heteroatoms. The molecule has 2 fully saturated rings. The largest absolute Gasteiger partial charge is 0.496 e. The summed E-state index contributed by atoms with van der Waals surface area (Å²) in [6.45, 7) is 0.464. The van der Waals surface area contributed by atoms with E-state index < -0.39 is 0 Å². The summed E-state index contributed by atoms with van der Waals surface area (Å²) in [4.78, 5) is 12.2. The van der Waals surface area contributed by atoms with E-state index in [1.807, 2.05) is 24.3 Å². The van der Waals surface area contributed by atoms with Crippen LogP contribution in [0, 0.1) is 0 Å². The van der Waals surface area contributed by atoms with Crippen LogP contribution in [-0.4, -0.2) is 33.5 Å². The molecule has 2 aromatic rings. The zero-order valence-corrected chi connectivity index (χ0v) is 15.1. The van der Waals surface area contributed by atoms with Crippen LogP contribution in [0.1, 0.15) is 49.0 Å². The van der Waals surface area contributed by atoms with Crippen LogP contribution in [0.4, 0.5) is 0 Å². The highest BCUT2D eigenvalue weighted by molar-refractivity contribution is 7.99. The van der Waals surface area contributed by atoms with Crippen LogP contribution in [0.25, 0.3) is 0 Å². The lowest BCUT2D eigenvalue weighted by Gasteiger charge is -2.10. The number of para-hydroxylation sites is 1. The summed E-state index contributed by atoms with van der Waals surface area (Å²) in [6, 6.07) is 8.26. The van der Waals surface area contributed by atoms with Crippen LogP contribution in [-0.2, 0) is 11.3 Å². The Morgan fingerprint density at radius 2 is 2.08 bits per heavy atom. The summed E-state index contributed by atoms with van der Waals surface area (Å²) in [5, 5.41) is 12.5. The first-order valence-electron chi connectivity index (χ1n) is 8.72. The van der Waals surface area contributed by atoms with Crippen molar-refractivity contribution in [2.24, 2.45) is 0 Å². The maximum absolute atomic E-state index is 12.2. The number of carbonyl (C=O) groups is 1. The van der Waals surface area contributed by atoms with Gasteiger partial charge in [0, 0.05) is 24.1 Å². The molecule has 4 rings (SSSR count). The van der Waals surface area contributed by atoms with Crippen molar-refractivity contribution in [3.05, 3.63) is 35.7 Å². The zero-order chi connectivity index (χ0) is 17.2. The number of nitrogens with one attached hydrogen (secondary N) is 1. The number of hydrogen-bond donors (Lipinski definition) is 1. The fourth-order valence-electron chi connectivity index (χ4n) is 2.91. The molecule has 0 radical (unpaired) electrons. The number of hydrogen-bond acceptors (Lipinski definition) is 5. The minimum Gasteiger partial charge on any atom is -0.496 e. The second-order valence-electron chi connectivity index (χ2n) is 6.59. The van der Waals surface area contributed by atoms with E-state index in [0.29, 0.717) is 24.3 Å². The van der Waals surface area contributed by atoms with Crippen LogP contribution in [0.3, 0.4) is 0 Å². The Morgan fingerprint density at radius 1 is 1.28 bits per heavy atom. The van der Waals surface area contributed by atoms with Crippen molar-refractivity contribution < 1.29 is 9.53 Å². The summed E-state index contributed by atoms with van der Waals surface area (Å²) >= 11 is 1.48. The number of methoxy groups -OCH3 is 1. The maximum atomic E-state index is 12.2. The Bertz CT molecular complexity index is 768. The van der Waals surface area contributed by atoms with Gasteiger partial charge in [0.1, 0.15) is 11.6 Å². The van der Waals surface area contributed by atoms with Gasteiger partial charge in [0.2, 0.25) is 5.91 Å². The van der Waals surface area contributed by atoms with Crippen molar-refractivity contribution in [1.29, 1.82) is 0 Å². The molecule has 1 amide bonds. The molecule has 1 heterocycles. The van der Waals surface area contributed by atoms with Crippen LogP contribution in [0.5, 0.6) is 5.75 Å². The van der Waals surface area contributed by atoms with Gasteiger partial charge in [0.15, 0.2) is 5.16 Å². The molecule has 0 unspecified atom stereocenters. The molecule has 1 aromatic heterocycles. The van der Waals surface area contributed by atoms with Gasteiger partial charge in [0.05, 0.1) is 12.9 Å². The minimum atomic E-state index is -0.00535. The average molecular weight is 358 g/mol. The second-order valence-corrected chi connectivity index (χ2v) is 7.54. The van der Waals surface area contributed by atoms with E-state index in [4.69, 9.17) is 4.74 Å². The van der Waals surface area contributed by atoms with Gasteiger partial charge in [-0.3, -0.25) is 4.79 Å². The Kier molecular flexibility index (Phi) is 4.65. The molecule has 1 N–H and O–H groups in total. The summed E-state index contributed by atoms with van der Waals surface area (Å²) < 4.78 is 7.58. The number of rotatable bonds is 8. The SMILES string of the molecule is COc1ccccc1CNC(=O)CSc1nnc(C2CC2)n1C1CC1. The van der Waals surface area contributed by atoms with Crippen molar-refractivity contribution in [2.75, 3.05) is 12.9 Å². The summed E-state index contributed by atoms with van der Waals surface area (Å²) in [6.07, 6.45) is 4.83. The van der Waals surface area contributed by atoms with Crippen LogP contribution in [0.2, 0.25) is 0 Å². The summed E-state index contributed by atoms with van der Waals surface area (Å²) in [7, 11) is 1.64. The van der Waals surface area contributed by atoms with E-state index in [1.165, 1.54) is 37.4 Å². The molecule has 25 heavy (non-hydrogen) atoms. The lowest BCUT2D eigenvalue weighted by atomic mass is 10.2. The Hall–Kier alpha value is -2.02. The Labute approximate surface area is 151 Å². The standard InChI is InChI=1S/C18H22N4O2S/c1-24-15-5-3-2-4-13(15)10-19-16(23)11-25-18-21-20-17(12-6-7-12)22(18)14-8-9-14/h2-5,12,14H,6-11H2,1H3,(H,19,23). The van der Waals surface area contributed by atoms with E-state index in [0.717, 1.165) is 22.3 Å². The van der Waals surface area contributed by atoms with Gasteiger partial charge < -0.3 is 14.6 Å². The molecule has 132 valence electrons. The summed E-state index contributed by atoms with van der Waals surface area (Å²) in [5.41, 5.74) is 0.973. The molecular formula is C18H22N4O2S. The number of nitrogens with zero attached hydrogens (tertiary/aromatic N) is 3. The maximum Gasteiger partial charge on any atom is 0.230 e. The first-order chi connectivity index (χ1) is 12.3. The number of benzene rings is 1. The molecule has 0 saturated heterocycles. The fourth-order valence-corrected chi connectivity index (χ4v) is 3.75. The smallest absolute Gasteiger partial charge is 0.230 e. The first kappa shape index (κ1) is 16.4. The number of thioether (sulfide) groups is 1. The second kappa shape index (κ2) is 7.07. The third-order valence-electron chi connectivity index (χ3n) is 4.55. The van der Waals surface area contributed by atoms with E-state index in [9.17, 15) is 4.79 Å². The molecule has 0 spiro atoms. The van der Waals surface area contributed by atoms with Gasteiger partial charge in [0.25, 0.3) is 0 Å². The molecule has 2 aliphatic rings. The van der Waals surface area contributed by atoms with Gasteiger partial charge in [-0.25, -0.2) is 0 Å². The van der Waals surface area contributed by atoms with Gasteiger partial charge in [-0.05, 0) is 31.7 Å². The predicted octanol–water partition coefficient (Wildman–Crippen LogP) is 2.91. The van der Waals surface area contributed by atoms with E-state index in [1.54, 1.807) is 7.11 Å². The predicted molar refractivity (Wildman–Crippen MR) is 95.8 cm³/mol. The third-order valence-corrected chi connectivity index (χ3v) is 5.49. The molecular weight excluding hydrogens is 336 g/mol. The first-order valence-corrected chi connectivity index (χ1v) is 9.71. The molecule has 0 atom stereocenters. The Morgan fingerprint density at radius 3 is 2.80 bits per heavy atom. The van der Waals surface area contributed by atoms with E-state index >= 15 is 0 Å². The lowest BCUT2D eigenvalue weighted by molar-refractivity contribution is -0.118. The molecule has 2 saturated carbocycles. The van der Waals surface area contributed by atoms with Crippen LogP contribution in [0.15, 0.2) is 29.4 Å². The highest BCUT2D eigenvalue weighted by Crippen LogP contribution is 2.45. The van der Waals surface area contributed by atoms with Crippen molar-refractivity contribution in [1.82, 2.24) is 20.1 Å². The molecule has 6 nitrogen and oxygen atoms in total. The quantitative estimate of drug-likeness (QED) is 0.735. The lowest BCUT2D eigenvalue weighted by Crippen LogP contribution is -2.25. The number of aromatic nitrogens is 3. The molecule has 0 aliphatic heterocycles. The number of carbonyl (C=O) groups excluding carboxylic acids is 1. The molecule has 2 aliphatic carbocycles. The monoisotopic (exact) mass is 358 g/mol. The number of amides is 1. The van der Waals surface area contributed by atoms with Crippen LogP contribution >= 0.6 is 11.8 Å². The van der Waals surface area contributed by atoms with Gasteiger partial charge in [-0.2, -0.15) is 0 Å². The van der Waals surface area contributed by atoms with Crippen molar-refractivity contribution in [3.63, 3.8) is 0 Å². The average Bonchev–Trinajstić information content (AvgIpc) is 3.57. The number of ether oxygens (including phenoxy) is 1. The van der Waals surface area contributed by atoms with Gasteiger partial charge in [-0.15, -0.1) is 10.2 Å². The normalized spacial score (nSPS) is 16.7. The fraction of sp³-hybridized carbons (Fsp3) is 0.500. The van der Waals surface area contributed by atoms with E-state index in [2.05, 4.69) is 20.1 Å². The Balaban J connectivity index is 1.33. The van der Waals surface area contributed by atoms with Crippen molar-refractivity contribution in [2.45, 2.75) is 49.3 Å². The third kappa shape index (κ3) is 3.81. The van der Waals surface area contributed by atoms with E-state index in [-0.39, 0.29) is 5.91 Å². The highest BCUT2D eigenvalue weighted by atomic mass is 32.2. The molecule has 1 aromatic carbocycles.